The highest BCUT2D eigenvalue weighted by molar-refractivity contribution is 6.30. The van der Waals surface area contributed by atoms with E-state index in [1.807, 2.05) is 24.3 Å². The molecule has 1 saturated heterocycles. The summed E-state index contributed by atoms with van der Waals surface area (Å²) in [5, 5.41) is 7.53. The summed E-state index contributed by atoms with van der Waals surface area (Å²) in [5.41, 5.74) is 1.05. The fourth-order valence-corrected chi connectivity index (χ4v) is 3.04. The molecule has 24 heavy (non-hydrogen) atoms. The van der Waals surface area contributed by atoms with Gasteiger partial charge < -0.3 is 15.4 Å². The van der Waals surface area contributed by atoms with Crippen molar-refractivity contribution in [2.24, 2.45) is 4.99 Å². The molecule has 0 bridgehead atoms. The molecule has 1 aliphatic rings. The molecule has 0 aromatic heterocycles. The quantitative estimate of drug-likeness (QED) is 0.470. The van der Waals surface area contributed by atoms with Gasteiger partial charge in [0.2, 0.25) is 0 Å². The largest absolute Gasteiger partial charge is 0.496 e. The van der Waals surface area contributed by atoms with Crippen LogP contribution in [0.1, 0.15) is 18.4 Å². The zero-order valence-electron chi connectivity index (χ0n) is 14.5. The van der Waals surface area contributed by atoms with Crippen molar-refractivity contribution in [3.05, 3.63) is 41.4 Å². The molecular formula is C18H27ClN4O. The van der Waals surface area contributed by atoms with E-state index in [1.54, 1.807) is 14.2 Å². The van der Waals surface area contributed by atoms with Gasteiger partial charge in [-0.1, -0.05) is 23.7 Å². The first kappa shape index (κ1) is 18.6. The maximum atomic E-state index is 6.00. The van der Waals surface area contributed by atoms with Crippen LogP contribution < -0.4 is 15.4 Å². The van der Waals surface area contributed by atoms with Crippen LogP contribution in [0.4, 0.5) is 0 Å². The summed E-state index contributed by atoms with van der Waals surface area (Å²) in [7, 11) is 3.44. The van der Waals surface area contributed by atoms with Crippen molar-refractivity contribution in [1.29, 1.82) is 0 Å². The third-order valence-corrected chi connectivity index (χ3v) is 4.47. The lowest BCUT2D eigenvalue weighted by atomic mass is 10.1. The Morgan fingerprint density at radius 3 is 2.83 bits per heavy atom. The van der Waals surface area contributed by atoms with Gasteiger partial charge >= 0.3 is 0 Å². The molecule has 0 aliphatic carbocycles. The Bertz CT molecular complexity index is 568. The molecule has 0 unspecified atom stereocenters. The highest BCUT2D eigenvalue weighted by Crippen LogP contribution is 2.22. The number of nitrogens with zero attached hydrogens (tertiary/aromatic N) is 2. The third kappa shape index (κ3) is 5.42. The SMILES string of the molecule is C=CCN1CCC(NC(=NC)NCc2ccc(Cl)cc2OC)CC1. The van der Waals surface area contributed by atoms with Crippen LogP contribution >= 0.6 is 11.6 Å². The summed E-state index contributed by atoms with van der Waals surface area (Å²) in [5.74, 6) is 1.59. The van der Waals surface area contributed by atoms with Crippen LogP contribution in [0.25, 0.3) is 0 Å². The Kier molecular flexibility index (Phi) is 7.40. The van der Waals surface area contributed by atoms with E-state index in [0.29, 0.717) is 17.6 Å². The molecule has 1 aromatic rings. The number of piperidine rings is 1. The number of benzene rings is 1. The van der Waals surface area contributed by atoms with Gasteiger partial charge in [-0.25, -0.2) is 0 Å². The molecule has 2 rings (SSSR count). The summed E-state index contributed by atoms with van der Waals surface area (Å²) >= 11 is 6.00. The Morgan fingerprint density at radius 2 is 2.21 bits per heavy atom. The van der Waals surface area contributed by atoms with Gasteiger partial charge in [-0.3, -0.25) is 9.89 Å². The van der Waals surface area contributed by atoms with Crippen LogP contribution in [-0.4, -0.2) is 50.7 Å². The molecule has 0 saturated carbocycles. The number of likely N-dealkylation sites (tertiary alicyclic amines) is 1. The van der Waals surface area contributed by atoms with E-state index in [-0.39, 0.29) is 0 Å². The van der Waals surface area contributed by atoms with Crippen LogP contribution in [0.2, 0.25) is 5.02 Å². The zero-order chi connectivity index (χ0) is 17.4. The first-order valence-electron chi connectivity index (χ1n) is 8.29. The number of nitrogens with one attached hydrogen (secondary N) is 2. The molecule has 0 spiro atoms. The third-order valence-electron chi connectivity index (χ3n) is 4.23. The van der Waals surface area contributed by atoms with Crippen molar-refractivity contribution in [2.45, 2.75) is 25.4 Å². The topological polar surface area (TPSA) is 48.9 Å². The highest BCUT2D eigenvalue weighted by atomic mass is 35.5. The first-order valence-corrected chi connectivity index (χ1v) is 8.67. The minimum atomic E-state index is 0.448. The monoisotopic (exact) mass is 350 g/mol. The Balaban J connectivity index is 1.84. The van der Waals surface area contributed by atoms with Crippen molar-refractivity contribution in [2.75, 3.05) is 33.8 Å². The van der Waals surface area contributed by atoms with E-state index >= 15 is 0 Å². The van der Waals surface area contributed by atoms with Gasteiger partial charge in [0.15, 0.2) is 5.96 Å². The number of halogens is 1. The summed E-state index contributed by atoms with van der Waals surface area (Å²) in [4.78, 5) is 6.74. The predicted molar refractivity (Wildman–Crippen MR) is 101 cm³/mol. The maximum Gasteiger partial charge on any atom is 0.191 e. The number of aliphatic imine (C=N–C) groups is 1. The van der Waals surface area contributed by atoms with Gasteiger partial charge in [0.25, 0.3) is 0 Å². The van der Waals surface area contributed by atoms with E-state index in [9.17, 15) is 0 Å². The summed E-state index contributed by atoms with van der Waals surface area (Å²) in [6.45, 7) is 7.58. The molecule has 1 aliphatic heterocycles. The fourth-order valence-electron chi connectivity index (χ4n) is 2.87. The van der Waals surface area contributed by atoms with E-state index < -0.39 is 0 Å². The van der Waals surface area contributed by atoms with E-state index in [0.717, 1.165) is 49.7 Å². The molecule has 0 radical (unpaired) electrons. The lowest BCUT2D eigenvalue weighted by Crippen LogP contribution is -2.48. The number of methoxy groups -OCH3 is 1. The minimum Gasteiger partial charge on any atom is -0.496 e. The number of hydrogen-bond donors (Lipinski definition) is 2. The van der Waals surface area contributed by atoms with E-state index in [4.69, 9.17) is 16.3 Å². The van der Waals surface area contributed by atoms with Crippen molar-refractivity contribution < 1.29 is 4.74 Å². The molecular weight excluding hydrogens is 324 g/mol. The summed E-state index contributed by atoms with van der Waals surface area (Å²) in [6.07, 6.45) is 4.19. The van der Waals surface area contributed by atoms with Crippen LogP contribution in [0.3, 0.4) is 0 Å². The van der Waals surface area contributed by atoms with Crippen LogP contribution in [-0.2, 0) is 6.54 Å². The van der Waals surface area contributed by atoms with Gasteiger partial charge in [0.05, 0.1) is 7.11 Å². The van der Waals surface area contributed by atoms with E-state index in [1.165, 1.54) is 0 Å². The summed E-state index contributed by atoms with van der Waals surface area (Å²) in [6, 6.07) is 6.11. The van der Waals surface area contributed by atoms with Gasteiger partial charge in [-0.2, -0.15) is 0 Å². The zero-order valence-corrected chi connectivity index (χ0v) is 15.3. The fraction of sp³-hybridized carbons (Fsp3) is 0.500. The number of ether oxygens (including phenoxy) is 1. The van der Waals surface area contributed by atoms with Crippen molar-refractivity contribution in [3.8, 4) is 5.75 Å². The smallest absolute Gasteiger partial charge is 0.191 e. The Labute approximate surface area is 149 Å². The second kappa shape index (κ2) is 9.55. The maximum absolute atomic E-state index is 6.00. The van der Waals surface area contributed by atoms with Crippen LogP contribution in [0.5, 0.6) is 5.75 Å². The van der Waals surface area contributed by atoms with Gasteiger partial charge in [-0.05, 0) is 25.0 Å². The second-order valence-electron chi connectivity index (χ2n) is 5.89. The lowest BCUT2D eigenvalue weighted by molar-refractivity contribution is 0.225. The molecule has 0 atom stereocenters. The number of hydrogen-bond acceptors (Lipinski definition) is 3. The standard InChI is InChI=1S/C18H27ClN4O/c1-4-9-23-10-7-16(8-11-23)22-18(20-2)21-13-14-5-6-15(19)12-17(14)24-3/h4-6,12,16H,1,7-11,13H2,2-3H3,(H2,20,21,22). The van der Waals surface area contributed by atoms with E-state index in [2.05, 4.69) is 27.1 Å². The molecule has 0 amide bonds. The second-order valence-corrected chi connectivity index (χ2v) is 6.33. The van der Waals surface area contributed by atoms with Crippen molar-refractivity contribution in [3.63, 3.8) is 0 Å². The Morgan fingerprint density at radius 1 is 1.46 bits per heavy atom. The Hall–Kier alpha value is -1.72. The molecule has 6 heteroatoms. The average molecular weight is 351 g/mol. The van der Waals surface area contributed by atoms with Gasteiger partial charge in [0.1, 0.15) is 5.75 Å². The minimum absolute atomic E-state index is 0.448. The van der Waals surface area contributed by atoms with Gasteiger partial charge in [0, 0.05) is 49.9 Å². The summed E-state index contributed by atoms with van der Waals surface area (Å²) < 4.78 is 5.38. The van der Waals surface area contributed by atoms with Gasteiger partial charge in [-0.15, -0.1) is 6.58 Å². The molecule has 2 N–H and O–H groups in total. The lowest BCUT2D eigenvalue weighted by Gasteiger charge is -2.32. The van der Waals surface area contributed by atoms with Crippen molar-refractivity contribution in [1.82, 2.24) is 15.5 Å². The molecule has 5 nitrogen and oxygen atoms in total. The van der Waals surface area contributed by atoms with Crippen LogP contribution in [0, 0.1) is 0 Å². The normalized spacial score (nSPS) is 16.7. The number of guanidine groups is 1. The molecule has 132 valence electrons. The predicted octanol–water partition coefficient (Wildman–Crippen LogP) is 2.66. The number of rotatable bonds is 6. The van der Waals surface area contributed by atoms with Crippen molar-refractivity contribution >= 4 is 17.6 Å². The highest BCUT2D eigenvalue weighted by Gasteiger charge is 2.19. The molecule has 1 heterocycles. The molecule has 1 fully saturated rings. The average Bonchev–Trinajstić information content (AvgIpc) is 2.61. The van der Waals surface area contributed by atoms with Crippen LogP contribution in [0.15, 0.2) is 35.8 Å². The first-order chi connectivity index (χ1) is 11.7. The molecule has 1 aromatic carbocycles.